The molecule has 0 unspecified atom stereocenters. The van der Waals surface area contributed by atoms with E-state index in [9.17, 15) is 0 Å². The second kappa shape index (κ2) is 4.87. The van der Waals surface area contributed by atoms with Gasteiger partial charge in [-0.2, -0.15) is 0 Å². The van der Waals surface area contributed by atoms with Crippen LogP contribution in [0.2, 0.25) is 0 Å². The molecule has 0 spiro atoms. The van der Waals surface area contributed by atoms with Crippen LogP contribution in [0.5, 0.6) is 0 Å². The van der Waals surface area contributed by atoms with Crippen LogP contribution in [-0.4, -0.2) is 37.4 Å². The summed E-state index contributed by atoms with van der Waals surface area (Å²) in [4.78, 5) is 0. The molecule has 0 aliphatic carbocycles. The van der Waals surface area contributed by atoms with Gasteiger partial charge < -0.3 is 5.11 Å². The first kappa shape index (κ1) is 10.1. The molecule has 10 heavy (non-hydrogen) atoms. The van der Waals surface area contributed by atoms with Crippen molar-refractivity contribution < 1.29 is 5.11 Å². The summed E-state index contributed by atoms with van der Waals surface area (Å²) in [6.45, 7) is 8.67. The summed E-state index contributed by atoms with van der Waals surface area (Å²) in [6, 6.07) is 0. The minimum absolute atomic E-state index is 0.334. The summed E-state index contributed by atoms with van der Waals surface area (Å²) in [7, 11) is -0.737. The molecule has 0 bridgehead atoms. The largest absolute Gasteiger partial charge is 0.396 e. The van der Waals surface area contributed by atoms with Gasteiger partial charge in [0.15, 0.2) is 0 Å². The van der Waals surface area contributed by atoms with E-state index in [0.29, 0.717) is 6.61 Å². The first-order chi connectivity index (χ1) is 4.62. The normalized spacial score (nSPS) is 11.5. The third kappa shape index (κ3) is 4.96. The maximum Gasteiger partial charge on any atom is 0.0765 e. The highest BCUT2D eigenvalue weighted by atomic mass is 31.2. The molecule has 0 aromatic carbocycles. The zero-order chi connectivity index (χ0) is 8.04. The van der Waals surface area contributed by atoms with Crippen LogP contribution >= 0.6 is 7.26 Å². The van der Waals surface area contributed by atoms with E-state index in [1.54, 1.807) is 0 Å². The van der Waals surface area contributed by atoms with Gasteiger partial charge in [0.1, 0.15) is 0 Å². The molecule has 0 atom stereocenters. The monoisotopic (exact) mass is 161 g/mol. The smallest absolute Gasteiger partial charge is 0.0765 e. The van der Waals surface area contributed by atoms with E-state index in [2.05, 4.69) is 19.9 Å². The Labute approximate surface area is 64.5 Å². The van der Waals surface area contributed by atoms with Crippen molar-refractivity contribution in [2.45, 2.75) is 6.42 Å². The van der Waals surface area contributed by atoms with E-state index in [0.717, 1.165) is 12.6 Å². The quantitative estimate of drug-likeness (QED) is 0.481. The van der Waals surface area contributed by atoms with Crippen molar-refractivity contribution in [3.05, 3.63) is 12.7 Å². The maximum absolute atomic E-state index is 8.59. The summed E-state index contributed by atoms with van der Waals surface area (Å²) in [5.74, 6) is 0. The fraction of sp³-hybridized carbons (Fsp3) is 0.750. The lowest BCUT2D eigenvalue weighted by Gasteiger charge is -2.14. The van der Waals surface area contributed by atoms with Crippen molar-refractivity contribution in [3.63, 3.8) is 0 Å². The van der Waals surface area contributed by atoms with Crippen molar-refractivity contribution in [1.29, 1.82) is 0 Å². The average molecular weight is 161 g/mol. The fourth-order valence-corrected chi connectivity index (χ4v) is 2.82. The van der Waals surface area contributed by atoms with Crippen molar-refractivity contribution in [2.24, 2.45) is 0 Å². The first-order valence-electron chi connectivity index (χ1n) is 3.66. The second-order valence-electron chi connectivity index (χ2n) is 3.21. The lowest BCUT2D eigenvalue weighted by molar-refractivity contribution is 0.296. The summed E-state index contributed by atoms with van der Waals surface area (Å²) < 4.78 is 0. The Morgan fingerprint density at radius 2 is 2.10 bits per heavy atom. The Morgan fingerprint density at radius 3 is 2.50 bits per heavy atom. The Kier molecular flexibility index (Phi) is 4.93. The van der Waals surface area contributed by atoms with Crippen LogP contribution in [0.1, 0.15) is 6.42 Å². The van der Waals surface area contributed by atoms with Gasteiger partial charge in [0.25, 0.3) is 0 Å². The van der Waals surface area contributed by atoms with Gasteiger partial charge in [0, 0.05) is 33.6 Å². The van der Waals surface area contributed by atoms with Crippen molar-refractivity contribution in [2.75, 3.05) is 32.3 Å². The van der Waals surface area contributed by atoms with Gasteiger partial charge in [0.2, 0.25) is 0 Å². The molecular weight excluding hydrogens is 143 g/mol. The summed E-state index contributed by atoms with van der Waals surface area (Å²) in [5, 5.41) is 8.59. The lowest BCUT2D eigenvalue weighted by Crippen LogP contribution is -2.00. The molecule has 60 valence electrons. The maximum atomic E-state index is 8.59. The Hall–Kier alpha value is 0.130. The zero-order valence-electron chi connectivity index (χ0n) is 7.01. The minimum Gasteiger partial charge on any atom is -0.396 e. The Balaban J connectivity index is 3.51. The minimum atomic E-state index is -0.737. The van der Waals surface area contributed by atoms with Crippen LogP contribution in [0.4, 0.5) is 0 Å². The van der Waals surface area contributed by atoms with Gasteiger partial charge in [0.05, 0.1) is 12.3 Å². The van der Waals surface area contributed by atoms with E-state index in [-0.39, 0.29) is 0 Å². The number of hydrogen-bond acceptors (Lipinski definition) is 1. The molecule has 0 saturated heterocycles. The topological polar surface area (TPSA) is 20.2 Å². The molecule has 0 aliphatic rings. The number of allylic oxidation sites excluding steroid dienone is 1. The summed E-state index contributed by atoms with van der Waals surface area (Å²) in [6.07, 6.45) is 5.28. The van der Waals surface area contributed by atoms with Gasteiger partial charge in [-0.05, 0) is 0 Å². The van der Waals surface area contributed by atoms with Crippen LogP contribution in [0, 0.1) is 0 Å². The molecule has 0 aromatic rings. The number of aliphatic hydroxyl groups is 1. The highest BCUT2D eigenvalue weighted by molar-refractivity contribution is 7.74. The third-order valence-electron chi connectivity index (χ3n) is 1.54. The van der Waals surface area contributed by atoms with Crippen molar-refractivity contribution >= 4 is 7.26 Å². The van der Waals surface area contributed by atoms with E-state index in [1.165, 1.54) is 6.16 Å². The number of aliphatic hydroxyl groups excluding tert-OH is 1. The van der Waals surface area contributed by atoms with Crippen LogP contribution in [-0.2, 0) is 0 Å². The van der Waals surface area contributed by atoms with Gasteiger partial charge in [-0.3, -0.25) is 0 Å². The predicted molar refractivity (Wildman–Crippen MR) is 50.4 cm³/mol. The predicted octanol–water partition coefficient (Wildman–Crippen LogP) is 1.83. The van der Waals surface area contributed by atoms with Crippen molar-refractivity contribution in [1.82, 2.24) is 0 Å². The van der Waals surface area contributed by atoms with E-state index in [1.807, 2.05) is 6.08 Å². The van der Waals surface area contributed by atoms with Crippen LogP contribution < -0.4 is 0 Å². The molecule has 0 saturated carbocycles. The molecule has 1 nitrogen and oxygen atoms in total. The molecule has 2 heteroatoms. The van der Waals surface area contributed by atoms with Gasteiger partial charge in [-0.25, -0.2) is 0 Å². The first-order valence-corrected chi connectivity index (χ1v) is 6.71. The van der Waals surface area contributed by atoms with Gasteiger partial charge >= 0.3 is 0 Å². The average Bonchev–Trinajstić information content (AvgIpc) is 1.84. The van der Waals surface area contributed by atoms with Gasteiger partial charge in [-0.15, -0.1) is 0 Å². The summed E-state index contributed by atoms with van der Waals surface area (Å²) in [5.41, 5.74) is 0. The molecule has 0 rings (SSSR count). The molecular formula is C8H18OP+. The van der Waals surface area contributed by atoms with Crippen LogP contribution in [0.3, 0.4) is 0 Å². The highest BCUT2D eigenvalue weighted by Crippen LogP contribution is 2.51. The fourth-order valence-electron chi connectivity index (χ4n) is 0.940. The lowest BCUT2D eigenvalue weighted by atomic mass is 10.5. The molecule has 0 amide bonds. The number of hydrogen-bond donors (Lipinski definition) is 1. The Morgan fingerprint density at radius 1 is 1.50 bits per heavy atom. The molecule has 0 fully saturated rings. The highest BCUT2D eigenvalue weighted by Gasteiger charge is 2.21. The van der Waals surface area contributed by atoms with Gasteiger partial charge in [-0.1, -0.05) is 12.7 Å². The SMILES string of the molecule is C=CC[P+](C)(C)CCCO. The molecule has 0 aromatic heterocycles. The van der Waals surface area contributed by atoms with Crippen molar-refractivity contribution in [3.8, 4) is 0 Å². The second-order valence-corrected chi connectivity index (χ2v) is 7.89. The van der Waals surface area contributed by atoms with E-state index >= 15 is 0 Å². The number of rotatable bonds is 5. The van der Waals surface area contributed by atoms with Crippen LogP contribution in [0.15, 0.2) is 12.7 Å². The zero-order valence-corrected chi connectivity index (χ0v) is 7.90. The van der Waals surface area contributed by atoms with Crippen LogP contribution in [0.25, 0.3) is 0 Å². The molecule has 0 heterocycles. The molecule has 0 radical (unpaired) electrons. The Bertz CT molecular complexity index is 99.4. The van der Waals surface area contributed by atoms with E-state index in [4.69, 9.17) is 5.11 Å². The standard InChI is InChI=1S/C8H18OP/c1-4-7-10(2,3)8-5-6-9/h4,9H,1,5-8H2,2-3H3/q+1. The third-order valence-corrected chi connectivity index (χ3v) is 4.32. The molecule has 1 N–H and O–H groups in total. The van der Waals surface area contributed by atoms with E-state index < -0.39 is 7.26 Å². The molecule has 0 aliphatic heterocycles. The summed E-state index contributed by atoms with van der Waals surface area (Å²) >= 11 is 0.